The molecule has 2 aliphatic rings. The summed E-state index contributed by atoms with van der Waals surface area (Å²) in [5, 5.41) is 0. The van der Waals surface area contributed by atoms with Crippen LogP contribution in [0.2, 0.25) is 0 Å². The molecule has 16 heavy (non-hydrogen) atoms. The van der Waals surface area contributed by atoms with E-state index in [1.165, 1.54) is 12.2 Å². The number of rotatable bonds is 2. The van der Waals surface area contributed by atoms with Gasteiger partial charge >= 0.3 is 0 Å². The van der Waals surface area contributed by atoms with Crippen LogP contribution in [0.1, 0.15) is 32.6 Å². The van der Waals surface area contributed by atoms with Crippen LogP contribution in [0.15, 0.2) is 23.4 Å². The molecule has 0 saturated carbocycles. The Kier molecular flexibility index (Phi) is 3.22. The predicted octanol–water partition coefficient (Wildman–Crippen LogP) is 1.84. The molecular weight excluding hydrogens is 202 g/mol. The Hall–Kier alpha value is -1.38. The van der Waals surface area contributed by atoms with Crippen LogP contribution < -0.4 is 0 Å². The van der Waals surface area contributed by atoms with Crippen molar-refractivity contribution < 1.29 is 9.59 Å². The average Bonchev–Trinajstić information content (AvgIpc) is 2.44. The van der Waals surface area contributed by atoms with E-state index in [4.69, 9.17) is 0 Å². The van der Waals surface area contributed by atoms with Gasteiger partial charge in [-0.05, 0) is 37.3 Å². The second kappa shape index (κ2) is 4.64. The van der Waals surface area contributed by atoms with Gasteiger partial charge in [-0.3, -0.25) is 9.59 Å². The predicted molar refractivity (Wildman–Crippen MR) is 61.9 cm³/mol. The van der Waals surface area contributed by atoms with Crippen LogP contribution in [0.4, 0.5) is 0 Å². The molecule has 1 aliphatic carbocycles. The molecule has 3 heteroatoms. The highest BCUT2D eigenvalue weighted by Gasteiger charge is 2.24. The third kappa shape index (κ3) is 2.08. The van der Waals surface area contributed by atoms with Crippen LogP contribution in [0, 0.1) is 0 Å². The van der Waals surface area contributed by atoms with E-state index in [-0.39, 0.29) is 11.6 Å². The van der Waals surface area contributed by atoms with Crippen LogP contribution in [-0.4, -0.2) is 29.6 Å². The van der Waals surface area contributed by atoms with Gasteiger partial charge in [0.05, 0.1) is 0 Å². The van der Waals surface area contributed by atoms with E-state index in [2.05, 4.69) is 11.8 Å². The first-order valence-corrected chi connectivity index (χ1v) is 5.98. The van der Waals surface area contributed by atoms with Crippen molar-refractivity contribution in [3.05, 3.63) is 23.4 Å². The third-order valence-corrected chi connectivity index (χ3v) is 3.10. The molecule has 0 aromatic rings. The van der Waals surface area contributed by atoms with Crippen molar-refractivity contribution in [3.8, 4) is 0 Å². The molecule has 1 aliphatic heterocycles. The number of nitrogens with zero attached hydrogens (tertiary/aromatic N) is 1. The molecule has 0 atom stereocenters. The summed E-state index contributed by atoms with van der Waals surface area (Å²) < 4.78 is 0. The number of hydrogen-bond acceptors (Lipinski definition) is 3. The maximum Gasteiger partial charge on any atom is 0.227 e. The third-order valence-electron chi connectivity index (χ3n) is 3.10. The van der Waals surface area contributed by atoms with Gasteiger partial charge < -0.3 is 4.90 Å². The van der Waals surface area contributed by atoms with E-state index >= 15 is 0 Å². The van der Waals surface area contributed by atoms with Crippen molar-refractivity contribution in [2.24, 2.45) is 0 Å². The van der Waals surface area contributed by atoms with Crippen LogP contribution >= 0.6 is 0 Å². The molecule has 0 aromatic carbocycles. The molecule has 2 rings (SSSR count). The topological polar surface area (TPSA) is 37.4 Å². The fraction of sp³-hybridized carbons (Fsp3) is 0.538. The van der Waals surface area contributed by atoms with Crippen molar-refractivity contribution >= 4 is 11.6 Å². The lowest BCUT2D eigenvalue weighted by atomic mass is 9.98. The standard InChI is InChI=1S/C13H17NO2/c1-2-6-14-7-4-3-5-10-8-12(15)13(16)9-11(10)14/h8-9H,2-7H2,1H3. The minimum absolute atomic E-state index is 0.364. The van der Waals surface area contributed by atoms with Crippen LogP contribution in [0.5, 0.6) is 0 Å². The number of carbonyl (C=O) groups excluding carboxylic acids is 2. The van der Waals surface area contributed by atoms with E-state index in [1.807, 2.05) is 0 Å². The summed E-state index contributed by atoms with van der Waals surface area (Å²) in [6.07, 6.45) is 7.28. The molecule has 0 N–H and O–H groups in total. The van der Waals surface area contributed by atoms with Gasteiger partial charge in [-0.2, -0.15) is 0 Å². The summed E-state index contributed by atoms with van der Waals surface area (Å²) in [6, 6.07) is 0. The summed E-state index contributed by atoms with van der Waals surface area (Å²) in [6.45, 7) is 4.09. The van der Waals surface area contributed by atoms with Gasteiger partial charge in [0.15, 0.2) is 0 Å². The second-order valence-electron chi connectivity index (χ2n) is 4.37. The molecule has 0 amide bonds. The number of carbonyl (C=O) groups is 2. The number of fused-ring (bicyclic) bond motifs is 1. The normalized spacial score (nSPS) is 21.2. The smallest absolute Gasteiger partial charge is 0.227 e. The van der Waals surface area contributed by atoms with Crippen molar-refractivity contribution in [2.75, 3.05) is 13.1 Å². The van der Waals surface area contributed by atoms with E-state index in [0.29, 0.717) is 0 Å². The van der Waals surface area contributed by atoms with E-state index < -0.39 is 0 Å². The summed E-state index contributed by atoms with van der Waals surface area (Å²) in [7, 11) is 0. The highest BCUT2D eigenvalue weighted by atomic mass is 16.2. The maximum atomic E-state index is 11.4. The Morgan fingerprint density at radius 1 is 1.19 bits per heavy atom. The molecule has 86 valence electrons. The van der Waals surface area contributed by atoms with Gasteiger partial charge in [-0.1, -0.05) is 6.92 Å². The Balaban J connectivity index is 2.31. The molecule has 0 radical (unpaired) electrons. The minimum atomic E-state index is -0.373. The first kappa shape index (κ1) is 11.1. The maximum absolute atomic E-state index is 11.4. The van der Waals surface area contributed by atoms with Crippen molar-refractivity contribution in [3.63, 3.8) is 0 Å². The first-order valence-electron chi connectivity index (χ1n) is 5.98. The molecule has 1 fully saturated rings. The molecule has 0 bridgehead atoms. The summed E-state index contributed by atoms with van der Waals surface area (Å²) in [5.74, 6) is -0.737. The largest absolute Gasteiger partial charge is 0.371 e. The average molecular weight is 219 g/mol. The van der Waals surface area contributed by atoms with Crippen LogP contribution in [-0.2, 0) is 9.59 Å². The van der Waals surface area contributed by atoms with Crippen molar-refractivity contribution in [2.45, 2.75) is 32.6 Å². The van der Waals surface area contributed by atoms with Crippen LogP contribution in [0.3, 0.4) is 0 Å². The van der Waals surface area contributed by atoms with Gasteiger partial charge in [0.25, 0.3) is 0 Å². The summed E-state index contributed by atoms with van der Waals surface area (Å²) in [5.41, 5.74) is 2.04. The van der Waals surface area contributed by atoms with Crippen LogP contribution in [0.25, 0.3) is 0 Å². The first-order chi connectivity index (χ1) is 7.72. The lowest BCUT2D eigenvalue weighted by molar-refractivity contribution is -0.131. The Morgan fingerprint density at radius 3 is 2.69 bits per heavy atom. The fourth-order valence-electron chi connectivity index (χ4n) is 2.33. The van der Waals surface area contributed by atoms with E-state index in [0.717, 1.165) is 50.0 Å². The zero-order valence-electron chi connectivity index (χ0n) is 9.66. The number of likely N-dealkylation sites (tertiary alicyclic amines) is 1. The van der Waals surface area contributed by atoms with Crippen molar-refractivity contribution in [1.29, 1.82) is 0 Å². The van der Waals surface area contributed by atoms with Gasteiger partial charge in [0, 0.05) is 24.9 Å². The molecule has 0 unspecified atom stereocenters. The molecule has 0 aromatic heterocycles. The Labute approximate surface area is 95.8 Å². The number of allylic oxidation sites excluding steroid dienone is 3. The zero-order chi connectivity index (χ0) is 11.5. The molecule has 3 nitrogen and oxygen atoms in total. The highest BCUT2D eigenvalue weighted by molar-refractivity contribution is 6.46. The van der Waals surface area contributed by atoms with Gasteiger partial charge in [0.1, 0.15) is 0 Å². The SMILES string of the molecule is CCCN1CCCCC2=CC(=O)C(=O)C=C21. The van der Waals surface area contributed by atoms with E-state index in [1.54, 1.807) is 0 Å². The van der Waals surface area contributed by atoms with Gasteiger partial charge in [-0.15, -0.1) is 0 Å². The quantitative estimate of drug-likeness (QED) is 0.525. The lowest BCUT2D eigenvalue weighted by Gasteiger charge is -2.27. The summed E-state index contributed by atoms with van der Waals surface area (Å²) >= 11 is 0. The van der Waals surface area contributed by atoms with Gasteiger partial charge in [0.2, 0.25) is 11.6 Å². The highest BCUT2D eigenvalue weighted by Crippen LogP contribution is 2.28. The molecule has 1 heterocycles. The van der Waals surface area contributed by atoms with E-state index in [9.17, 15) is 9.59 Å². The molecule has 1 saturated heterocycles. The Morgan fingerprint density at radius 2 is 1.94 bits per heavy atom. The molecule has 0 spiro atoms. The Bertz CT molecular complexity index is 379. The zero-order valence-corrected chi connectivity index (χ0v) is 9.66. The summed E-state index contributed by atoms with van der Waals surface area (Å²) in [4.78, 5) is 25.0. The molecular formula is C13H17NO2. The number of hydrogen-bond donors (Lipinski definition) is 0. The number of ketones is 2. The fourth-order valence-corrected chi connectivity index (χ4v) is 2.33. The van der Waals surface area contributed by atoms with Crippen molar-refractivity contribution in [1.82, 2.24) is 4.90 Å². The second-order valence-corrected chi connectivity index (χ2v) is 4.37. The minimum Gasteiger partial charge on any atom is -0.371 e. The lowest BCUT2D eigenvalue weighted by Crippen LogP contribution is -2.28. The monoisotopic (exact) mass is 219 g/mol. The van der Waals surface area contributed by atoms with Gasteiger partial charge in [-0.25, -0.2) is 0 Å².